The zero-order valence-electron chi connectivity index (χ0n) is 9.66. The van der Waals surface area contributed by atoms with Crippen molar-refractivity contribution in [2.24, 2.45) is 5.41 Å². The minimum Gasteiger partial charge on any atom is -0.281 e. The molecule has 0 saturated heterocycles. The first kappa shape index (κ1) is 12.9. The Morgan fingerprint density at radius 2 is 2.29 bits per heavy atom. The monoisotopic (exact) mass is 277 g/mol. The second kappa shape index (κ2) is 4.59. The summed E-state index contributed by atoms with van der Waals surface area (Å²) in [5.41, 5.74) is 0.645. The van der Waals surface area contributed by atoms with Crippen LogP contribution in [0.3, 0.4) is 0 Å². The van der Waals surface area contributed by atoms with Crippen molar-refractivity contribution in [3.05, 3.63) is 11.9 Å². The molecule has 1 saturated carbocycles. The fraction of sp³-hybridized carbons (Fsp3) is 0.700. The van der Waals surface area contributed by atoms with E-state index in [0.29, 0.717) is 18.1 Å². The van der Waals surface area contributed by atoms with Crippen LogP contribution in [0, 0.1) is 12.3 Å². The molecule has 0 spiro atoms. The molecule has 7 heteroatoms. The van der Waals surface area contributed by atoms with Crippen LogP contribution in [0.2, 0.25) is 0 Å². The summed E-state index contributed by atoms with van der Waals surface area (Å²) in [4.78, 5) is 0.221. The van der Waals surface area contributed by atoms with Crippen molar-refractivity contribution in [3.8, 4) is 0 Å². The molecular weight excluding hydrogens is 262 g/mol. The van der Waals surface area contributed by atoms with Gasteiger partial charge in [-0.3, -0.25) is 5.10 Å². The summed E-state index contributed by atoms with van der Waals surface area (Å²) in [6.07, 6.45) is 4.29. The third-order valence-corrected chi connectivity index (χ3v) is 5.00. The van der Waals surface area contributed by atoms with E-state index in [4.69, 9.17) is 11.6 Å². The second-order valence-corrected chi connectivity index (χ2v) is 6.74. The zero-order chi connectivity index (χ0) is 12.5. The lowest BCUT2D eigenvalue weighted by Gasteiger charge is -2.14. The summed E-state index contributed by atoms with van der Waals surface area (Å²) in [6.45, 7) is 2.15. The molecule has 1 heterocycles. The molecule has 1 fully saturated rings. The van der Waals surface area contributed by atoms with E-state index >= 15 is 0 Å². The van der Waals surface area contributed by atoms with Crippen molar-refractivity contribution in [1.82, 2.24) is 14.9 Å². The minimum atomic E-state index is -3.45. The summed E-state index contributed by atoms with van der Waals surface area (Å²) in [7, 11) is -3.45. The van der Waals surface area contributed by atoms with Crippen molar-refractivity contribution in [2.75, 3.05) is 12.4 Å². The highest BCUT2D eigenvalue weighted by molar-refractivity contribution is 7.89. The first-order valence-corrected chi connectivity index (χ1v) is 7.56. The Balaban J connectivity index is 2.02. The molecule has 0 bridgehead atoms. The number of rotatable bonds is 6. The zero-order valence-corrected chi connectivity index (χ0v) is 11.2. The van der Waals surface area contributed by atoms with Gasteiger partial charge in [0.2, 0.25) is 10.0 Å². The van der Waals surface area contributed by atoms with Gasteiger partial charge in [-0.1, -0.05) is 0 Å². The molecule has 0 aromatic carbocycles. The van der Waals surface area contributed by atoms with E-state index in [1.807, 2.05) is 0 Å². The van der Waals surface area contributed by atoms with Crippen LogP contribution in [0.15, 0.2) is 11.1 Å². The lowest BCUT2D eigenvalue weighted by atomic mass is 10.1. The standard InChI is InChI=1S/C10H16ClN3O2S/c1-8-9(6-12-14-8)17(15,16)13-7-10(2-3-10)4-5-11/h6,13H,2-5,7H2,1H3,(H,12,14). The Morgan fingerprint density at radius 1 is 1.59 bits per heavy atom. The van der Waals surface area contributed by atoms with Crippen molar-refractivity contribution < 1.29 is 8.42 Å². The van der Waals surface area contributed by atoms with Gasteiger partial charge in [-0.05, 0) is 31.6 Å². The van der Waals surface area contributed by atoms with Gasteiger partial charge in [0.05, 0.1) is 11.9 Å². The number of nitrogens with one attached hydrogen (secondary N) is 2. The quantitative estimate of drug-likeness (QED) is 0.772. The van der Waals surface area contributed by atoms with Crippen LogP contribution < -0.4 is 4.72 Å². The van der Waals surface area contributed by atoms with E-state index in [2.05, 4.69) is 14.9 Å². The smallest absolute Gasteiger partial charge is 0.243 e. The maximum Gasteiger partial charge on any atom is 0.243 e. The van der Waals surface area contributed by atoms with Gasteiger partial charge in [0.15, 0.2) is 0 Å². The second-order valence-electron chi connectivity index (χ2n) is 4.62. The Labute approximate surface area is 106 Å². The highest BCUT2D eigenvalue weighted by Gasteiger charge is 2.42. The molecule has 2 rings (SSSR count). The number of hydrogen-bond donors (Lipinski definition) is 2. The first-order valence-electron chi connectivity index (χ1n) is 5.55. The Morgan fingerprint density at radius 3 is 2.76 bits per heavy atom. The average molecular weight is 278 g/mol. The SMILES string of the molecule is Cc1[nH]ncc1S(=O)(=O)NCC1(CCCl)CC1. The van der Waals surface area contributed by atoms with Crippen molar-refractivity contribution >= 4 is 21.6 Å². The van der Waals surface area contributed by atoms with E-state index in [1.165, 1.54) is 6.20 Å². The minimum absolute atomic E-state index is 0.0897. The molecule has 1 aromatic rings. The van der Waals surface area contributed by atoms with E-state index in [0.717, 1.165) is 19.3 Å². The van der Waals surface area contributed by atoms with Crippen LogP contribution in [0.1, 0.15) is 25.0 Å². The maximum absolute atomic E-state index is 12.0. The van der Waals surface area contributed by atoms with Gasteiger partial charge in [-0.15, -0.1) is 11.6 Å². The lowest BCUT2D eigenvalue weighted by molar-refractivity contribution is 0.478. The molecule has 96 valence electrons. The Hall–Kier alpha value is -0.590. The van der Waals surface area contributed by atoms with Crippen molar-refractivity contribution in [1.29, 1.82) is 0 Å². The van der Waals surface area contributed by atoms with Crippen molar-refractivity contribution in [2.45, 2.75) is 31.1 Å². The summed E-state index contributed by atoms with van der Waals surface area (Å²) >= 11 is 5.71. The van der Waals surface area contributed by atoms with Gasteiger partial charge in [0.1, 0.15) is 4.90 Å². The topological polar surface area (TPSA) is 74.8 Å². The fourth-order valence-electron chi connectivity index (χ4n) is 1.83. The third kappa shape index (κ3) is 2.81. The van der Waals surface area contributed by atoms with E-state index in [9.17, 15) is 8.42 Å². The fourth-order valence-corrected chi connectivity index (χ4v) is 3.52. The average Bonchev–Trinajstić information content (AvgIpc) is 2.89. The van der Waals surface area contributed by atoms with Gasteiger partial charge in [0.25, 0.3) is 0 Å². The number of alkyl halides is 1. The van der Waals surface area contributed by atoms with Crippen molar-refractivity contribution in [3.63, 3.8) is 0 Å². The molecule has 5 nitrogen and oxygen atoms in total. The number of halogens is 1. The Bertz CT molecular complexity index is 493. The first-order chi connectivity index (χ1) is 7.99. The van der Waals surface area contributed by atoms with E-state index in [1.54, 1.807) is 6.92 Å². The van der Waals surface area contributed by atoms with Gasteiger partial charge in [0, 0.05) is 12.4 Å². The van der Waals surface area contributed by atoms with E-state index < -0.39 is 10.0 Å². The van der Waals surface area contributed by atoms with Crippen LogP contribution >= 0.6 is 11.6 Å². The molecule has 2 N–H and O–H groups in total. The highest BCUT2D eigenvalue weighted by Crippen LogP contribution is 2.48. The van der Waals surface area contributed by atoms with Crippen LogP contribution in [-0.2, 0) is 10.0 Å². The molecule has 0 amide bonds. The maximum atomic E-state index is 12.0. The van der Waals surface area contributed by atoms with Crippen LogP contribution in [0.25, 0.3) is 0 Å². The molecule has 1 aliphatic carbocycles. The molecule has 1 aliphatic rings. The van der Waals surface area contributed by atoms with Crippen LogP contribution in [-0.4, -0.2) is 31.0 Å². The summed E-state index contributed by atoms with van der Waals surface area (Å²) in [5.74, 6) is 0.576. The largest absolute Gasteiger partial charge is 0.281 e. The number of nitrogens with zero attached hydrogens (tertiary/aromatic N) is 1. The summed E-state index contributed by atoms with van der Waals surface area (Å²) in [6, 6.07) is 0. The molecule has 0 radical (unpaired) electrons. The van der Waals surface area contributed by atoms with Gasteiger partial charge in [-0.25, -0.2) is 13.1 Å². The summed E-state index contributed by atoms with van der Waals surface area (Å²) < 4.78 is 26.6. The molecule has 0 aliphatic heterocycles. The number of aromatic amines is 1. The third-order valence-electron chi connectivity index (χ3n) is 3.29. The molecule has 0 atom stereocenters. The predicted octanol–water partition coefficient (Wildman–Crippen LogP) is 1.41. The normalized spacial score (nSPS) is 18.2. The van der Waals surface area contributed by atoms with Gasteiger partial charge >= 0.3 is 0 Å². The molecular formula is C10H16ClN3O2S. The molecule has 0 unspecified atom stereocenters. The number of H-pyrrole nitrogens is 1. The van der Waals surface area contributed by atoms with E-state index in [-0.39, 0.29) is 10.3 Å². The molecule has 1 aromatic heterocycles. The van der Waals surface area contributed by atoms with Crippen LogP contribution in [0.5, 0.6) is 0 Å². The van der Waals surface area contributed by atoms with Gasteiger partial charge < -0.3 is 0 Å². The van der Waals surface area contributed by atoms with Gasteiger partial charge in [-0.2, -0.15) is 5.10 Å². The lowest BCUT2D eigenvalue weighted by Crippen LogP contribution is -2.30. The number of hydrogen-bond acceptors (Lipinski definition) is 3. The van der Waals surface area contributed by atoms with Crippen LogP contribution in [0.4, 0.5) is 0 Å². The number of aromatic nitrogens is 2. The Kier molecular flexibility index (Phi) is 3.47. The highest BCUT2D eigenvalue weighted by atomic mass is 35.5. The molecule has 17 heavy (non-hydrogen) atoms. The number of aryl methyl sites for hydroxylation is 1. The predicted molar refractivity (Wildman–Crippen MR) is 65.5 cm³/mol. The summed E-state index contributed by atoms with van der Waals surface area (Å²) in [5, 5.41) is 6.34. The number of sulfonamides is 1.